The van der Waals surface area contributed by atoms with Crippen molar-refractivity contribution < 1.29 is 4.79 Å². The Balaban J connectivity index is 0.00000341. The van der Waals surface area contributed by atoms with Crippen molar-refractivity contribution in [1.82, 2.24) is 20.5 Å². The van der Waals surface area contributed by atoms with Crippen molar-refractivity contribution in [2.45, 2.75) is 32.7 Å². The van der Waals surface area contributed by atoms with E-state index < -0.39 is 0 Å². The van der Waals surface area contributed by atoms with E-state index in [1.807, 2.05) is 42.2 Å². The van der Waals surface area contributed by atoms with E-state index in [2.05, 4.69) is 25.9 Å². The molecule has 1 fully saturated rings. The quantitative estimate of drug-likeness (QED) is 0.206. The molecule has 1 aliphatic rings. The molecular formula is C22H30ClIN6O. The van der Waals surface area contributed by atoms with E-state index in [9.17, 15) is 4.79 Å². The van der Waals surface area contributed by atoms with Crippen LogP contribution in [0, 0.1) is 0 Å². The van der Waals surface area contributed by atoms with Crippen LogP contribution in [0.3, 0.4) is 0 Å². The summed E-state index contributed by atoms with van der Waals surface area (Å²) in [6, 6.07) is 11.6. The number of urea groups is 1. The van der Waals surface area contributed by atoms with Crippen molar-refractivity contribution in [2.75, 3.05) is 31.5 Å². The standard InChI is InChI=1S/C22H29ClN6O.HI/c1-2-24-21(25-11-10-17-8-9-20(23)26-15-17)27-16-18-6-5-7-19(14-18)28-22(30)29-12-3-4-13-29;/h5-9,14-15H,2-4,10-13,16H2,1H3,(H,28,30)(H2,24,25,27);1H. The minimum Gasteiger partial charge on any atom is -0.357 e. The van der Waals surface area contributed by atoms with E-state index >= 15 is 0 Å². The van der Waals surface area contributed by atoms with Gasteiger partial charge in [0.25, 0.3) is 0 Å². The van der Waals surface area contributed by atoms with Gasteiger partial charge in [0.2, 0.25) is 0 Å². The summed E-state index contributed by atoms with van der Waals surface area (Å²) in [6.07, 6.45) is 4.77. The van der Waals surface area contributed by atoms with E-state index in [0.29, 0.717) is 11.7 Å². The van der Waals surface area contributed by atoms with Crippen molar-refractivity contribution in [2.24, 2.45) is 4.99 Å². The van der Waals surface area contributed by atoms with E-state index in [0.717, 1.165) is 68.2 Å². The van der Waals surface area contributed by atoms with Crippen LogP contribution in [0.2, 0.25) is 5.15 Å². The maximum atomic E-state index is 12.3. The van der Waals surface area contributed by atoms with Crippen LogP contribution in [0.4, 0.5) is 10.5 Å². The fraction of sp³-hybridized carbons (Fsp3) is 0.409. The van der Waals surface area contributed by atoms with Crippen molar-refractivity contribution in [3.63, 3.8) is 0 Å². The van der Waals surface area contributed by atoms with Crippen LogP contribution in [0.1, 0.15) is 30.9 Å². The zero-order valence-corrected chi connectivity index (χ0v) is 20.8. The molecule has 7 nitrogen and oxygen atoms in total. The molecule has 31 heavy (non-hydrogen) atoms. The van der Waals surface area contributed by atoms with Gasteiger partial charge in [0, 0.05) is 38.1 Å². The first-order valence-corrected chi connectivity index (χ1v) is 10.8. The summed E-state index contributed by atoms with van der Waals surface area (Å²) >= 11 is 5.83. The molecule has 3 N–H and O–H groups in total. The lowest BCUT2D eigenvalue weighted by molar-refractivity contribution is 0.222. The van der Waals surface area contributed by atoms with Gasteiger partial charge in [0.05, 0.1) is 6.54 Å². The number of likely N-dealkylation sites (tertiary alicyclic amines) is 1. The second-order valence-electron chi connectivity index (χ2n) is 7.19. The number of rotatable bonds is 7. The first-order valence-electron chi connectivity index (χ1n) is 10.4. The predicted molar refractivity (Wildman–Crippen MR) is 137 cm³/mol. The maximum absolute atomic E-state index is 12.3. The Morgan fingerprint density at radius 1 is 1.16 bits per heavy atom. The molecule has 168 valence electrons. The molecule has 1 aromatic heterocycles. The van der Waals surface area contributed by atoms with Crippen molar-refractivity contribution in [3.8, 4) is 0 Å². The normalized spacial score (nSPS) is 13.5. The highest BCUT2D eigenvalue weighted by atomic mass is 127. The van der Waals surface area contributed by atoms with E-state index in [1.54, 1.807) is 12.3 Å². The Labute approximate surface area is 206 Å². The van der Waals surface area contributed by atoms with Crippen LogP contribution in [-0.4, -0.2) is 48.1 Å². The van der Waals surface area contributed by atoms with Gasteiger partial charge in [-0.15, -0.1) is 24.0 Å². The summed E-state index contributed by atoms with van der Waals surface area (Å²) in [5, 5.41) is 10.1. The Bertz CT molecular complexity index is 855. The third kappa shape index (κ3) is 8.53. The van der Waals surface area contributed by atoms with Crippen LogP contribution in [-0.2, 0) is 13.0 Å². The zero-order chi connectivity index (χ0) is 21.2. The average Bonchev–Trinajstić information content (AvgIpc) is 3.29. The summed E-state index contributed by atoms with van der Waals surface area (Å²) in [5.74, 6) is 0.755. The largest absolute Gasteiger partial charge is 0.357 e. The van der Waals surface area contributed by atoms with Gasteiger partial charge in [0.15, 0.2) is 5.96 Å². The average molecular weight is 557 g/mol. The number of guanidine groups is 1. The van der Waals surface area contributed by atoms with Crippen LogP contribution in [0.5, 0.6) is 0 Å². The molecule has 0 unspecified atom stereocenters. The van der Waals surface area contributed by atoms with Gasteiger partial charge in [-0.2, -0.15) is 0 Å². The number of aromatic nitrogens is 1. The monoisotopic (exact) mass is 556 g/mol. The van der Waals surface area contributed by atoms with E-state index in [-0.39, 0.29) is 30.0 Å². The van der Waals surface area contributed by atoms with Crippen LogP contribution >= 0.6 is 35.6 Å². The molecule has 9 heteroatoms. The van der Waals surface area contributed by atoms with Gasteiger partial charge in [-0.25, -0.2) is 14.8 Å². The minimum absolute atomic E-state index is 0. The Morgan fingerprint density at radius 2 is 1.97 bits per heavy atom. The Morgan fingerprint density at radius 3 is 2.68 bits per heavy atom. The number of halogens is 2. The number of aliphatic imine (C=N–C) groups is 1. The Hall–Kier alpha value is -2.07. The molecule has 0 radical (unpaired) electrons. The highest BCUT2D eigenvalue weighted by molar-refractivity contribution is 14.0. The maximum Gasteiger partial charge on any atom is 0.321 e. The predicted octanol–water partition coefficient (Wildman–Crippen LogP) is 4.28. The van der Waals surface area contributed by atoms with Gasteiger partial charge in [-0.1, -0.05) is 29.8 Å². The number of carbonyl (C=O) groups is 1. The molecule has 2 amide bonds. The Kier molecular flexibility index (Phi) is 10.9. The zero-order valence-electron chi connectivity index (χ0n) is 17.7. The van der Waals surface area contributed by atoms with Crippen molar-refractivity contribution >= 4 is 53.3 Å². The first-order chi connectivity index (χ1) is 14.6. The molecule has 0 saturated carbocycles. The molecule has 0 spiro atoms. The van der Waals surface area contributed by atoms with E-state index in [1.165, 1.54) is 0 Å². The number of amides is 2. The van der Waals surface area contributed by atoms with Crippen LogP contribution in [0.25, 0.3) is 0 Å². The smallest absolute Gasteiger partial charge is 0.321 e. The highest BCUT2D eigenvalue weighted by Crippen LogP contribution is 2.14. The summed E-state index contributed by atoms with van der Waals surface area (Å²) in [7, 11) is 0. The molecule has 2 aromatic rings. The molecule has 0 aliphatic carbocycles. The second kappa shape index (κ2) is 13.4. The molecule has 1 saturated heterocycles. The third-order valence-electron chi connectivity index (χ3n) is 4.83. The van der Waals surface area contributed by atoms with Crippen molar-refractivity contribution in [1.29, 1.82) is 0 Å². The number of hydrogen-bond donors (Lipinski definition) is 3. The number of anilines is 1. The topological polar surface area (TPSA) is 81.7 Å². The summed E-state index contributed by atoms with van der Waals surface area (Å²) in [4.78, 5) is 22.9. The van der Waals surface area contributed by atoms with E-state index in [4.69, 9.17) is 11.6 Å². The third-order valence-corrected chi connectivity index (χ3v) is 5.05. The summed E-state index contributed by atoms with van der Waals surface area (Å²) in [6.45, 7) is 5.74. The lowest BCUT2D eigenvalue weighted by atomic mass is 10.2. The van der Waals surface area contributed by atoms with Crippen molar-refractivity contribution in [3.05, 3.63) is 58.9 Å². The number of nitrogens with zero attached hydrogens (tertiary/aromatic N) is 3. The second-order valence-corrected chi connectivity index (χ2v) is 7.57. The molecule has 1 aliphatic heterocycles. The number of benzene rings is 1. The van der Waals surface area contributed by atoms with Gasteiger partial charge in [-0.05, 0) is 55.5 Å². The molecule has 2 heterocycles. The molecule has 3 rings (SSSR count). The van der Waals surface area contributed by atoms with Gasteiger partial charge in [0.1, 0.15) is 5.15 Å². The van der Waals surface area contributed by atoms with Gasteiger partial charge >= 0.3 is 6.03 Å². The van der Waals surface area contributed by atoms with Gasteiger partial charge < -0.3 is 20.9 Å². The fourth-order valence-corrected chi connectivity index (χ4v) is 3.37. The highest BCUT2D eigenvalue weighted by Gasteiger charge is 2.17. The molecule has 0 bridgehead atoms. The number of pyridine rings is 1. The minimum atomic E-state index is -0.0279. The summed E-state index contributed by atoms with van der Waals surface area (Å²) < 4.78 is 0. The lowest BCUT2D eigenvalue weighted by Gasteiger charge is -2.16. The molecule has 0 atom stereocenters. The summed E-state index contributed by atoms with van der Waals surface area (Å²) in [5.41, 5.74) is 2.95. The van der Waals surface area contributed by atoms with Crippen LogP contribution < -0.4 is 16.0 Å². The number of nitrogens with one attached hydrogen (secondary N) is 3. The number of hydrogen-bond acceptors (Lipinski definition) is 3. The molecule has 1 aromatic carbocycles. The SMILES string of the molecule is CCNC(=NCc1cccc(NC(=O)N2CCCC2)c1)NCCc1ccc(Cl)nc1.I. The first kappa shape index (κ1) is 25.2. The van der Waals surface area contributed by atoms with Crippen LogP contribution in [0.15, 0.2) is 47.6 Å². The fourth-order valence-electron chi connectivity index (χ4n) is 3.26. The molecular weight excluding hydrogens is 527 g/mol. The van der Waals surface area contributed by atoms with Gasteiger partial charge in [-0.3, -0.25) is 0 Å². The lowest BCUT2D eigenvalue weighted by Crippen LogP contribution is -2.38. The number of carbonyl (C=O) groups excluding carboxylic acids is 1.